The van der Waals surface area contributed by atoms with E-state index >= 15 is 0 Å². The Balaban J connectivity index is 0.000000274. The van der Waals surface area contributed by atoms with Gasteiger partial charge in [-0.3, -0.25) is 38.4 Å². The number of esters is 8. The molecule has 0 fully saturated rings. The van der Waals surface area contributed by atoms with Crippen molar-refractivity contribution in [2.75, 3.05) is 17.7 Å². The number of hydrogen-bond acceptors (Lipinski definition) is 24. The number of hydrogen-bond donors (Lipinski definition) is 0. The van der Waals surface area contributed by atoms with Gasteiger partial charge >= 0.3 is 47.8 Å². The van der Waals surface area contributed by atoms with Crippen molar-refractivity contribution in [3.8, 4) is 46.0 Å². The Morgan fingerprint density at radius 2 is 0.478 bits per heavy atom. The minimum atomic E-state index is -1.19. The van der Waals surface area contributed by atoms with E-state index in [1.807, 2.05) is 181 Å². The Morgan fingerprint density at radius 3 is 0.643 bits per heavy atom. The van der Waals surface area contributed by atoms with Gasteiger partial charge in [0.2, 0.25) is 0 Å². The Kier molecular flexibility index (Phi) is 41.5. The van der Waals surface area contributed by atoms with Gasteiger partial charge in [0, 0.05) is 53.5 Å². The van der Waals surface area contributed by atoms with Crippen molar-refractivity contribution in [1.29, 1.82) is 0 Å². The van der Waals surface area contributed by atoms with E-state index in [1.54, 1.807) is 243 Å². The lowest BCUT2D eigenvalue weighted by Gasteiger charge is -2.31. The number of halogens is 8. The summed E-state index contributed by atoms with van der Waals surface area (Å²) in [5, 5.41) is 45.3. The number of carbonyl (C=O) groups excluding carboxylic acids is 12. The Hall–Kier alpha value is -6.76. The van der Waals surface area contributed by atoms with Crippen LogP contribution in [-0.4, -0.2) is 104 Å². The largest absolute Gasteiger partial charge is 0.550 e. The molecule has 0 bridgehead atoms. The topological polar surface area (TPSA) is 371 Å². The van der Waals surface area contributed by atoms with E-state index in [0.717, 1.165) is 44.5 Å². The van der Waals surface area contributed by atoms with E-state index in [1.165, 1.54) is 0 Å². The van der Waals surface area contributed by atoms with Crippen LogP contribution in [-0.2, 0) is 62.9 Å². The predicted molar refractivity (Wildman–Crippen MR) is 486 cm³/mol. The van der Waals surface area contributed by atoms with Crippen molar-refractivity contribution in [2.45, 2.75) is 112 Å². The standard InChI is InChI=1S/C23H24I2O6.C21H20I2O6.C20H18I2O6.C19H16I2O6/c1-22(2,24)20(28)30-16-9-5-14(6-10-16)18(13-19(26)27)15-7-11-17(12-8-15)31-21(29)23(3,4)25;1-12(22)20(26)28-16-7-3-14(4-8-16)18(11-19(24)25)15-5-9-17(10-6-15)29-21(27)13(2)23;1-20(10-17(23)24,13-2-6-15(7-3-13)27-18(25)11-21)14-4-8-16(9-5-14)28-19(26)12-22;20-10-18(24)26-14-5-1-12(2-6-14)16(9-17(22)23)13-3-7-15(8-4-13)27-19(25)11-21/h5-12,18H,13H2,1-4H3,(H,26,27);3-10,12-13,18H,11H2,1-2H3,(H,24,25);2-9H,10-12H2,1H3,(H,23,24);1-8,16H,9-11H2,(H,22,23)/p-4. The molecule has 0 N–H and O–H groups in total. The smallest absolute Gasteiger partial charge is 0.326 e. The highest BCUT2D eigenvalue weighted by atomic mass is 127. The molecule has 0 aliphatic carbocycles. The lowest BCUT2D eigenvalue weighted by atomic mass is 9.74. The minimum Gasteiger partial charge on any atom is -0.550 e. The summed E-state index contributed by atoms with van der Waals surface area (Å²) in [4.78, 5) is 138. The second-order valence-corrected chi connectivity index (χ2v) is 38.1. The summed E-state index contributed by atoms with van der Waals surface area (Å²) in [5.41, 5.74) is 4.99. The molecular formula is C83H74I8O24-4. The van der Waals surface area contributed by atoms with Gasteiger partial charge in [-0.15, -0.1) is 0 Å². The van der Waals surface area contributed by atoms with Gasteiger partial charge in [0.1, 0.15) is 60.7 Å². The van der Waals surface area contributed by atoms with Gasteiger partial charge in [0.25, 0.3) is 0 Å². The molecule has 0 amide bonds. The van der Waals surface area contributed by atoms with E-state index in [2.05, 4.69) is 0 Å². The first-order valence-electron chi connectivity index (χ1n) is 34.4. The molecule has 2 atom stereocenters. The highest BCUT2D eigenvalue weighted by Gasteiger charge is 2.31. The summed E-state index contributed by atoms with van der Waals surface area (Å²) in [6.45, 7) is 12.3. The Labute approximate surface area is 773 Å². The monoisotopic (exact) mass is 2470 g/mol. The number of carbonyl (C=O) groups is 12. The molecule has 0 saturated heterocycles. The number of carboxylic acid groups (broad SMARTS) is 4. The molecule has 610 valence electrons. The number of aliphatic carboxylic acids is 4. The molecule has 0 heterocycles. The number of benzene rings is 8. The van der Waals surface area contributed by atoms with E-state index in [-0.39, 0.29) is 99.0 Å². The number of carboxylic acids is 4. The molecule has 2 unspecified atom stereocenters. The third-order valence-electron chi connectivity index (χ3n) is 16.1. The van der Waals surface area contributed by atoms with Crippen LogP contribution in [0.25, 0.3) is 0 Å². The maximum Gasteiger partial charge on any atom is 0.326 e. The maximum atomic E-state index is 12.0. The van der Waals surface area contributed by atoms with Gasteiger partial charge in [-0.2, -0.15) is 0 Å². The summed E-state index contributed by atoms with van der Waals surface area (Å²) in [7, 11) is 0. The fourth-order valence-corrected chi connectivity index (χ4v) is 11.4. The zero-order chi connectivity index (χ0) is 85.5. The summed E-state index contributed by atoms with van der Waals surface area (Å²) in [6.07, 6.45) is -0.889. The van der Waals surface area contributed by atoms with E-state index in [4.69, 9.17) is 37.9 Å². The first kappa shape index (κ1) is 98.8. The lowest BCUT2D eigenvalue weighted by molar-refractivity contribution is -0.308. The Morgan fingerprint density at radius 1 is 0.296 bits per heavy atom. The molecule has 0 aromatic heterocycles. The minimum absolute atomic E-state index is 0.209. The Bertz CT molecular complexity index is 4360. The van der Waals surface area contributed by atoms with Crippen molar-refractivity contribution in [3.05, 3.63) is 239 Å². The molecule has 8 aromatic rings. The van der Waals surface area contributed by atoms with Crippen molar-refractivity contribution < 1.29 is 116 Å². The van der Waals surface area contributed by atoms with Crippen molar-refractivity contribution in [3.63, 3.8) is 0 Å². The number of alkyl halides is 8. The molecule has 32 heteroatoms. The van der Waals surface area contributed by atoms with Crippen LogP contribution in [0, 0.1) is 0 Å². The first-order valence-corrected chi connectivity index (χ1v) is 45.1. The van der Waals surface area contributed by atoms with Crippen LogP contribution in [0.1, 0.15) is 136 Å². The normalized spacial score (nSPS) is 11.8. The van der Waals surface area contributed by atoms with Crippen molar-refractivity contribution >= 4 is 252 Å². The van der Waals surface area contributed by atoms with Crippen molar-refractivity contribution in [2.24, 2.45) is 0 Å². The highest BCUT2D eigenvalue weighted by molar-refractivity contribution is 14.1. The van der Waals surface area contributed by atoms with Crippen LogP contribution in [0.4, 0.5) is 0 Å². The molecule has 24 nitrogen and oxygen atoms in total. The zero-order valence-electron chi connectivity index (χ0n) is 62.3. The predicted octanol–water partition coefficient (Wildman–Crippen LogP) is 13.1. The van der Waals surface area contributed by atoms with Crippen molar-refractivity contribution in [1.82, 2.24) is 0 Å². The van der Waals surface area contributed by atoms with E-state index < -0.39 is 53.9 Å². The van der Waals surface area contributed by atoms with Crippen LogP contribution in [0.3, 0.4) is 0 Å². The van der Waals surface area contributed by atoms with E-state index in [9.17, 15) is 78.0 Å². The van der Waals surface area contributed by atoms with E-state index in [0.29, 0.717) is 46.0 Å². The summed E-state index contributed by atoms with van der Waals surface area (Å²) in [5.74, 6) is -5.85. The average molecular weight is 2470 g/mol. The van der Waals surface area contributed by atoms with Gasteiger partial charge in [-0.25, -0.2) is 0 Å². The molecule has 115 heavy (non-hydrogen) atoms. The number of rotatable bonds is 32. The second-order valence-electron chi connectivity index (χ2n) is 26.0. The molecule has 8 aromatic carbocycles. The SMILES string of the molecule is CC(C)(I)C(=O)Oc1ccc(C(CC(=O)[O-])c2ccc(OC(=O)C(C)(C)I)cc2)cc1.CC(CC(=O)[O-])(c1ccc(OC(=O)CI)cc1)c1ccc(OC(=O)CI)cc1.CC(I)C(=O)Oc1ccc(C(CC(=O)[O-])c2ccc(OC(=O)C(C)I)cc2)cc1.O=C([O-])CC(c1ccc(OC(=O)CI)cc1)c1ccc(OC(=O)CI)cc1. The summed E-state index contributed by atoms with van der Waals surface area (Å²) >= 11 is 15.6. The number of ether oxygens (including phenoxy) is 8. The average Bonchev–Trinajstić information content (AvgIpc) is 0.796. The first-order chi connectivity index (χ1) is 54.1. The molecule has 8 rings (SSSR count). The second kappa shape index (κ2) is 48.3. The third-order valence-corrected chi connectivity index (χ3v) is 20.5. The van der Waals surface area contributed by atoms with Crippen LogP contribution >= 0.6 is 181 Å². The summed E-state index contributed by atoms with van der Waals surface area (Å²) in [6, 6.07) is 53.6. The molecule has 0 aliphatic rings. The molecular weight excluding hydrogens is 2400 g/mol. The summed E-state index contributed by atoms with van der Waals surface area (Å²) < 4.78 is 40.8. The molecule has 0 saturated carbocycles. The van der Waals surface area contributed by atoms with Crippen LogP contribution < -0.4 is 58.3 Å². The molecule has 0 aliphatic heterocycles. The fraction of sp³-hybridized carbons (Fsp3) is 0.277. The molecule has 0 radical (unpaired) electrons. The van der Waals surface area contributed by atoms with Gasteiger partial charge in [-0.05, 0) is 202 Å². The zero-order valence-corrected chi connectivity index (χ0v) is 79.6. The van der Waals surface area contributed by atoms with Crippen LogP contribution in [0.5, 0.6) is 46.0 Å². The highest BCUT2D eigenvalue weighted by Crippen LogP contribution is 2.39. The quantitative estimate of drug-likeness (QED) is 0.0163. The van der Waals surface area contributed by atoms with Gasteiger partial charge in [-0.1, -0.05) is 285 Å². The maximum absolute atomic E-state index is 12.0. The van der Waals surface area contributed by atoms with Gasteiger partial charge < -0.3 is 77.5 Å². The third kappa shape index (κ3) is 34.2. The lowest BCUT2D eigenvalue weighted by Crippen LogP contribution is -2.34. The van der Waals surface area contributed by atoms with Crippen LogP contribution in [0.15, 0.2) is 194 Å². The van der Waals surface area contributed by atoms with Crippen LogP contribution in [0.2, 0.25) is 0 Å². The van der Waals surface area contributed by atoms with Gasteiger partial charge in [0.05, 0.1) is 17.7 Å². The van der Waals surface area contributed by atoms with Gasteiger partial charge in [0.15, 0.2) is 0 Å². The fourth-order valence-electron chi connectivity index (χ4n) is 10.3. The molecule has 0 spiro atoms.